The molecular weight excluding hydrogens is 248 g/mol. The predicted molar refractivity (Wildman–Crippen MR) is 53.4 cm³/mol. The molecule has 0 spiro atoms. The van der Waals surface area contributed by atoms with Crippen LogP contribution in [0.2, 0.25) is 0 Å². The number of hydrogen-bond donors (Lipinski definition) is 0. The maximum absolute atomic E-state index is 13.3. The Labute approximate surface area is 108 Å². The molecule has 84 valence electrons. The van der Waals surface area contributed by atoms with Gasteiger partial charge < -0.3 is 4.90 Å². The summed E-state index contributed by atoms with van der Waals surface area (Å²) in [4.78, 5) is 12.3. The second kappa shape index (κ2) is 6.56. The quantitative estimate of drug-likeness (QED) is 0.462. The molecule has 5 heteroatoms. The first kappa shape index (κ1) is 15.0. The summed E-state index contributed by atoms with van der Waals surface area (Å²) in [5, 5.41) is 0. The van der Waals surface area contributed by atoms with Crippen LogP contribution >= 0.6 is 0 Å². The second-order valence-electron chi connectivity index (χ2n) is 2.92. The van der Waals surface area contributed by atoms with Crippen molar-refractivity contribution in [3.63, 3.8) is 0 Å². The average Bonchev–Trinajstić information content (AvgIpc) is 2.15. The molecule has 0 saturated carbocycles. The molecule has 0 aliphatic heterocycles. The van der Waals surface area contributed by atoms with Crippen LogP contribution in [-0.2, 0) is 26.5 Å². The van der Waals surface area contributed by atoms with Gasteiger partial charge in [-0.15, -0.1) is 24.8 Å². The first-order chi connectivity index (χ1) is 7.06. The zero-order valence-corrected chi connectivity index (χ0v) is 10.3. The van der Waals surface area contributed by atoms with Crippen LogP contribution in [0, 0.1) is 17.7 Å². The number of rotatable bonds is 3. The van der Waals surface area contributed by atoms with Gasteiger partial charge in [-0.25, -0.2) is 8.78 Å². The van der Waals surface area contributed by atoms with Crippen LogP contribution in [0.4, 0.5) is 14.5 Å². The van der Waals surface area contributed by atoms with Crippen molar-refractivity contribution in [1.82, 2.24) is 0 Å². The van der Waals surface area contributed by atoms with Crippen molar-refractivity contribution in [3.8, 4) is 0 Å². The van der Waals surface area contributed by atoms with Gasteiger partial charge in [0, 0.05) is 46.8 Å². The summed E-state index contributed by atoms with van der Waals surface area (Å²) in [7, 11) is 0. The molecule has 0 aromatic heterocycles. The van der Waals surface area contributed by atoms with E-state index in [2.05, 4.69) is 6.58 Å². The number of benzene rings is 1. The Bertz CT molecular complexity index is 396. The van der Waals surface area contributed by atoms with Crippen LogP contribution in [0.25, 0.3) is 0 Å². The Morgan fingerprint density at radius 1 is 1.56 bits per heavy atom. The number of hydrogen-bond acceptors (Lipinski definition) is 1. The molecule has 0 aliphatic rings. The fourth-order valence-corrected chi connectivity index (χ4v) is 1.17. The normalized spacial score (nSPS) is 9.19. The summed E-state index contributed by atoms with van der Waals surface area (Å²) in [6.45, 7) is 4.93. The Hall–Kier alpha value is -0.996. The van der Waals surface area contributed by atoms with E-state index < -0.39 is 11.6 Å². The van der Waals surface area contributed by atoms with E-state index in [1.807, 2.05) is 6.07 Å². The summed E-state index contributed by atoms with van der Waals surface area (Å²) in [5.74, 6) is -2.01. The van der Waals surface area contributed by atoms with Gasteiger partial charge in [0.05, 0.1) is 0 Å². The van der Waals surface area contributed by atoms with Crippen LogP contribution in [0.15, 0.2) is 24.8 Å². The van der Waals surface area contributed by atoms with Gasteiger partial charge in [-0.1, -0.05) is 6.08 Å². The summed E-state index contributed by atoms with van der Waals surface area (Å²) < 4.78 is 25.8. The molecule has 1 rings (SSSR count). The summed E-state index contributed by atoms with van der Waals surface area (Å²) in [6, 6.07) is 4.12. The Morgan fingerprint density at radius 3 is 2.62 bits per heavy atom. The van der Waals surface area contributed by atoms with E-state index in [0.717, 1.165) is 11.0 Å². The van der Waals surface area contributed by atoms with Crippen LogP contribution in [-0.4, -0.2) is 12.5 Å². The topological polar surface area (TPSA) is 20.3 Å². The van der Waals surface area contributed by atoms with E-state index >= 15 is 0 Å². The molecule has 0 unspecified atom stereocenters. The maximum atomic E-state index is 13.3. The molecule has 1 amide bonds. The van der Waals surface area contributed by atoms with Crippen molar-refractivity contribution in [2.75, 3.05) is 11.4 Å². The molecule has 16 heavy (non-hydrogen) atoms. The average molecular weight is 258 g/mol. The molecule has 1 aromatic rings. The predicted octanol–water partition coefficient (Wildman–Crippen LogP) is 2.30. The third-order valence-corrected chi connectivity index (χ3v) is 1.82. The van der Waals surface area contributed by atoms with Crippen LogP contribution in [0.3, 0.4) is 0 Å². The smallest absolute Gasteiger partial charge is 0.213 e. The van der Waals surface area contributed by atoms with Gasteiger partial charge >= 0.3 is 0 Å². The van der Waals surface area contributed by atoms with Crippen LogP contribution in [0.1, 0.15) is 6.92 Å². The van der Waals surface area contributed by atoms with E-state index in [-0.39, 0.29) is 39.9 Å². The molecule has 0 aliphatic carbocycles. The van der Waals surface area contributed by atoms with Crippen LogP contribution < -0.4 is 4.90 Å². The van der Waals surface area contributed by atoms with Gasteiger partial charge in [0.25, 0.3) is 0 Å². The first-order valence-electron chi connectivity index (χ1n) is 4.32. The van der Waals surface area contributed by atoms with Gasteiger partial charge in [0.15, 0.2) is 0 Å². The molecular formula is C11H10F2NOTi-. The maximum Gasteiger partial charge on any atom is 0.213 e. The molecule has 0 bridgehead atoms. The summed E-state index contributed by atoms with van der Waals surface area (Å²) in [5.41, 5.74) is 0.00352. The minimum absolute atomic E-state index is 0. The minimum Gasteiger partial charge on any atom is -0.360 e. The fraction of sp³-hybridized carbons (Fsp3) is 0.182. The summed E-state index contributed by atoms with van der Waals surface area (Å²) in [6.07, 6.45) is 1.46. The number of amides is 1. The molecule has 0 saturated heterocycles. The van der Waals surface area contributed by atoms with Gasteiger partial charge in [-0.3, -0.25) is 4.79 Å². The standard InChI is InChI=1S/C11H10F2NO.Ti/c1-3-6-14(8(2)15)11-5-4-9(12)7-10(11)13;/h3-5H,1,6H2,2H3;/q-1;. The van der Waals surface area contributed by atoms with E-state index in [0.29, 0.717) is 0 Å². The molecule has 1 aromatic carbocycles. The number of nitrogens with zero attached hydrogens (tertiary/aromatic N) is 1. The Balaban J connectivity index is 0.00000225. The Kier molecular flexibility index (Phi) is 6.15. The monoisotopic (exact) mass is 258 g/mol. The molecule has 0 atom stereocenters. The summed E-state index contributed by atoms with van der Waals surface area (Å²) >= 11 is 0. The number of anilines is 1. The van der Waals surface area contributed by atoms with Gasteiger partial charge in [-0.05, 0) is 5.69 Å². The zero-order chi connectivity index (χ0) is 11.4. The van der Waals surface area contributed by atoms with Gasteiger partial charge in [-0.2, -0.15) is 0 Å². The van der Waals surface area contributed by atoms with Gasteiger partial charge in [0.1, 0.15) is 0 Å². The van der Waals surface area contributed by atoms with E-state index in [1.54, 1.807) is 0 Å². The number of halogens is 2. The van der Waals surface area contributed by atoms with Crippen molar-refractivity contribution in [1.29, 1.82) is 0 Å². The third-order valence-electron chi connectivity index (χ3n) is 1.82. The van der Waals surface area contributed by atoms with Crippen molar-refractivity contribution in [2.45, 2.75) is 6.92 Å². The van der Waals surface area contributed by atoms with Gasteiger partial charge in [0.2, 0.25) is 5.91 Å². The van der Waals surface area contributed by atoms with Crippen LogP contribution in [0.5, 0.6) is 0 Å². The molecule has 0 heterocycles. The fourth-order valence-electron chi connectivity index (χ4n) is 1.17. The van der Waals surface area contributed by atoms with E-state index in [9.17, 15) is 13.6 Å². The number of carbonyl (C=O) groups excluding carboxylic acids is 1. The molecule has 2 nitrogen and oxygen atoms in total. The minimum atomic E-state index is -0.882. The third kappa shape index (κ3) is 3.54. The van der Waals surface area contributed by atoms with Crippen molar-refractivity contribution >= 4 is 11.6 Å². The largest absolute Gasteiger partial charge is 0.360 e. The van der Waals surface area contributed by atoms with Crippen molar-refractivity contribution in [3.05, 3.63) is 42.5 Å². The SMILES string of the molecule is C=CCN(C(C)=O)c1ccc(F)[c-]c1F.[Ti]. The molecule has 0 radical (unpaired) electrons. The Morgan fingerprint density at radius 2 is 2.19 bits per heavy atom. The van der Waals surface area contributed by atoms with Crippen molar-refractivity contribution < 1.29 is 35.3 Å². The number of carbonyl (C=O) groups is 1. The zero-order valence-electron chi connectivity index (χ0n) is 8.76. The second-order valence-corrected chi connectivity index (χ2v) is 2.92. The van der Waals surface area contributed by atoms with E-state index in [1.165, 1.54) is 19.1 Å². The van der Waals surface area contributed by atoms with Crippen molar-refractivity contribution in [2.24, 2.45) is 0 Å². The van der Waals surface area contributed by atoms with E-state index in [4.69, 9.17) is 0 Å². The first-order valence-corrected chi connectivity index (χ1v) is 4.32. The molecule has 0 fully saturated rings. The molecule has 0 N–H and O–H groups in total.